The minimum absolute atomic E-state index is 0.0347. The van der Waals surface area contributed by atoms with E-state index in [-0.39, 0.29) is 5.02 Å². The molecule has 5 heteroatoms. The molecule has 0 saturated heterocycles. The molecule has 1 atom stereocenters. The lowest BCUT2D eigenvalue weighted by atomic mass is 10.0. The predicted octanol–water partition coefficient (Wildman–Crippen LogP) is 4.53. The molecular weight excluding hydrogens is 347 g/mol. The summed E-state index contributed by atoms with van der Waals surface area (Å²) < 4.78 is 19.3. The summed E-state index contributed by atoms with van der Waals surface area (Å²) in [5.41, 5.74) is 1.28. The van der Waals surface area contributed by atoms with Gasteiger partial charge in [0, 0.05) is 12.0 Å². The standard InChI is InChI=1S/C15H13BrClFO2/c1-20-14-6-5-9(7-11(14)16)8-13(19)10-3-2-4-12(18)15(10)17/h2-7,13,19H,8H2,1H3. The molecule has 0 amide bonds. The highest BCUT2D eigenvalue weighted by molar-refractivity contribution is 9.10. The highest BCUT2D eigenvalue weighted by Gasteiger charge is 2.15. The van der Waals surface area contributed by atoms with E-state index in [0.29, 0.717) is 17.7 Å². The quantitative estimate of drug-likeness (QED) is 0.869. The second-order valence-electron chi connectivity index (χ2n) is 4.33. The molecule has 0 aliphatic heterocycles. The van der Waals surface area contributed by atoms with Gasteiger partial charge in [-0.1, -0.05) is 29.8 Å². The first-order chi connectivity index (χ1) is 9.52. The van der Waals surface area contributed by atoms with Crippen LogP contribution in [0.25, 0.3) is 0 Å². The number of rotatable bonds is 4. The maximum atomic E-state index is 13.4. The van der Waals surface area contributed by atoms with E-state index in [1.165, 1.54) is 12.1 Å². The summed E-state index contributed by atoms with van der Waals surface area (Å²) in [6.45, 7) is 0. The molecule has 2 nitrogen and oxygen atoms in total. The van der Waals surface area contributed by atoms with E-state index in [4.69, 9.17) is 16.3 Å². The average molecular weight is 360 g/mol. The number of benzene rings is 2. The number of halogens is 3. The molecule has 1 unspecified atom stereocenters. The van der Waals surface area contributed by atoms with Crippen molar-refractivity contribution in [1.29, 1.82) is 0 Å². The van der Waals surface area contributed by atoms with Crippen molar-refractivity contribution in [1.82, 2.24) is 0 Å². The highest BCUT2D eigenvalue weighted by atomic mass is 79.9. The average Bonchev–Trinajstić information content (AvgIpc) is 2.42. The van der Waals surface area contributed by atoms with E-state index in [2.05, 4.69) is 15.9 Å². The molecule has 2 rings (SSSR count). The molecule has 0 aromatic heterocycles. The third-order valence-corrected chi connectivity index (χ3v) is 4.00. The highest BCUT2D eigenvalue weighted by Crippen LogP contribution is 2.30. The van der Waals surface area contributed by atoms with Crippen LogP contribution in [0.5, 0.6) is 5.75 Å². The first-order valence-electron chi connectivity index (χ1n) is 5.97. The Morgan fingerprint density at radius 2 is 2.10 bits per heavy atom. The third kappa shape index (κ3) is 3.32. The van der Waals surface area contributed by atoms with Crippen LogP contribution < -0.4 is 4.74 Å². The fourth-order valence-corrected chi connectivity index (χ4v) is 2.79. The van der Waals surface area contributed by atoms with Gasteiger partial charge in [-0.3, -0.25) is 0 Å². The molecule has 2 aromatic carbocycles. The second kappa shape index (κ2) is 6.57. The summed E-state index contributed by atoms with van der Waals surface area (Å²) >= 11 is 9.26. The van der Waals surface area contributed by atoms with E-state index in [1.54, 1.807) is 19.2 Å². The number of hydrogen-bond acceptors (Lipinski definition) is 2. The normalized spacial score (nSPS) is 12.2. The van der Waals surface area contributed by atoms with Gasteiger partial charge in [0.05, 0.1) is 22.7 Å². The molecule has 106 valence electrons. The van der Waals surface area contributed by atoms with Crippen molar-refractivity contribution in [3.8, 4) is 5.75 Å². The van der Waals surface area contributed by atoms with Crippen LogP contribution >= 0.6 is 27.5 Å². The fraction of sp³-hybridized carbons (Fsp3) is 0.200. The summed E-state index contributed by atoms with van der Waals surface area (Å²) in [4.78, 5) is 0. The molecule has 1 N–H and O–H groups in total. The zero-order valence-electron chi connectivity index (χ0n) is 10.7. The topological polar surface area (TPSA) is 29.5 Å². The maximum Gasteiger partial charge on any atom is 0.142 e. The van der Waals surface area contributed by atoms with Crippen LogP contribution in [0.3, 0.4) is 0 Å². The van der Waals surface area contributed by atoms with Crippen molar-refractivity contribution in [3.05, 3.63) is 62.8 Å². The fourth-order valence-electron chi connectivity index (χ4n) is 1.95. The third-order valence-electron chi connectivity index (χ3n) is 2.99. The van der Waals surface area contributed by atoms with Crippen LogP contribution in [0, 0.1) is 5.82 Å². The van der Waals surface area contributed by atoms with E-state index < -0.39 is 11.9 Å². The molecule has 0 radical (unpaired) electrons. The van der Waals surface area contributed by atoms with Gasteiger partial charge in [-0.25, -0.2) is 4.39 Å². The van der Waals surface area contributed by atoms with E-state index in [9.17, 15) is 9.50 Å². The van der Waals surface area contributed by atoms with E-state index in [0.717, 1.165) is 10.0 Å². The zero-order chi connectivity index (χ0) is 14.7. The number of methoxy groups -OCH3 is 1. The van der Waals surface area contributed by atoms with E-state index >= 15 is 0 Å². The van der Waals surface area contributed by atoms with E-state index in [1.807, 2.05) is 12.1 Å². The lowest BCUT2D eigenvalue weighted by Gasteiger charge is -2.14. The second-order valence-corrected chi connectivity index (χ2v) is 5.56. The Labute approximate surface area is 130 Å². The first kappa shape index (κ1) is 15.3. The minimum atomic E-state index is -0.863. The predicted molar refractivity (Wildman–Crippen MR) is 80.8 cm³/mol. The van der Waals surface area contributed by atoms with Gasteiger partial charge in [-0.05, 0) is 39.7 Å². The van der Waals surface area contributed by atoms with Gasteiger partial charge in [0.25, 0.3) is 0 Å². The Kier molecular flexibility index (Phi) is 5.02. The van der Waals surface area contributed by atoms with Crippen LogP contribution in [-0.2, 0) is 6.42 Å². The number of hydrogen-bond donors (Lipinski definition) is 1. The largest absolute Gasteiger partial charge is 0.496 e. The summed E-state index contributed by atoms with van der Waals surface area (Å²) in [6, 6.07) is 9.93. The molecule has 0 fully saturated rings. The Bertz CT molecular complexity index is 619. The van der Waals surface area contributed by atoms with Gasteiger partial charge in [0.2, 0.25) is 0 Å². The SMILES string of the molecule is COc1ccc(CC(O)c2cccc(F)c2Cl)cc1Br. The Hall–Kier alpha value is -1.10. The Morgan fingerprint density at radius 1 is 1.35 bits per heavy atom. The molecule has 20 heavy (non-hydrogen) atoms. The van der Waals surface area contributed by atoms with Gasteiger partial charge in [0.15, 0.2) is 0 Å². The summed E-state index contributed by atoms with van der Waals surface area (Å²) in [5.74, 6) is 0.186. The van der Waals surface area contributed by atoms with Crippen molar-refractivity contribution in [2.24, 2.45) is 0 Å². The zero-order valence-corrected chi connectivity index (χ0v) is 13.1. The summed E-state index contributed by atoms with van der Waals surface area (Å²) in [7, 11) is 1.58. The number of aliphatic hydroxyl groups is 1. The van der Waals surface area contributed by atoms with Gasteiger partial charge < -0.3 is 9.84 Å². The minimum Gasteiger partial charge on any atom is -0.496 e. The van der Waals surface area contributed by atoms with Crippen molar-refractivity contribution in [2.75, 3.05) is 7.11 Å². The molecule has 0 spiro atoms. The van der Waals surface area contributed by atoms with Crippen LogP contribution in [0.1, 0.15) is 17.2 Å². The van der Waals surface area contributed by atoms with Gasteiger partial charge in [-0.15, -0.1) is 0 Å². The van der Waals surface area contributed by atoms with Crippen LogP contribution in [0.2, 0.25) is 5.02 Å². The molecule has 0 heterocycles. The molecular formula is C15H13BrClFO2. The Balaban J connectivity index is 2.21. The molecule has 0 bridgehead atoms. The lowest BCUT2D eigenvalue weighted by Crippen LogP contribution is -2.03. The number of ether oxygens (including phenoxy) is 1. The number of aliphatic hydroxyl groups excluding tert-OH is 1. The molecule has 0 saturated carbocycles. The van der Waals surface area contributed by atoms with Gasteiger partial charge >= 0.3 is 0 Å². The molecule has 0 aliphatic rings. The van der Waals surface area contributed by atoms with Crippen molar-refractivity contribution >= 4 is 27.5 Å². The Morgan fingerprint density at radius 3 is 2.75 bits per heavy atom. The monoisotopic (exact) mass is 358 g/mol. The lowest BCUT2D eigenvalue weighted by molar-refractivity contribution is 0.178. The first-order valence-corrected chi connectivity index (χ1v) is 7.14. The van der Waals surface area contributed by atoms with Crippen LogP contribution in [-0.4, -0.2) is 12.2 Å². The summed E-state index contributed by atoms with van der Waals surface area (Å²) in [5, 5.41) is 10.2. The van der Waals surface area contributed by atoms with Crippen LogP contribution in [0.15, 0.2) is 40.9 Å². The van der Waals surface area contributed by atoms with Gasteiger partial charge in [0.1, 0.15) is 11.6 Å². The van der Waals surface area contributed by atoms with Crippen molar-refractivity contribution < 1.29 is 14.2 Å². The smallest absolute Gasteiger partial charge is 0.142 e. The molecule has 0 aliphatic carbocycles. The summed E-state index contributed by atoms with van der Waals surface area (Å²) in [6.07, 6.45) is -0.523. The van der Waals surface area contributed by atoms with Gasteiger partial charge in [-0.2, -0.15) is 0 Å². The maximum absolute atomic E-state index is 13.4. The van der Waals surface area contributed by atoms with Crippen molar-refractivity contribution in [3.63, 3.8) is 0 Å². The molecule has 2 aromatic rings. The van der Waals surface area contributed by atoms with Crippen molar-refractivity contribution in [2.45, 2.75) is 12.5 Å². The van der Waals surface area contributed by atoms with Crippen LogP contribution in [0.4, 0.5) is 4.39 Å².